The lowest BCUT2D eigenvalue weighted by Crippen LogP contribution is -2.54. The van der Waals surface area contributed by atoms with Crippen LogP contribution in [0.2, 0.25) is 0 Å². The van der Waals surface area contributed by atoms with E-state index < -0.39 is 23.8 Å². The molecule has 2 heterocycles. The van der Waals surface area contributed by atoms with Gasteiger partial charge in [0, 0.05) is 22.4 Å². The third kappa shape index (κ3) is 2.81. The zero-order valence-corrected chi connectivity index (χ0v) is 14.4. The van der Waals surface area contributed by atoms with Crippen molar-refractivity contribution < 1.29 is 19.2 Å². The topological polar surface area (TPSA) is 83.6 Å². The predicted octanol–water partition coefficient (Wildman–Crippen LogP) is 1.57. The van der Waals surface area contributed by atoms with Crippen molar-refractivity contribution in [3.63, 3.8) is 0 Å². The lowest BCUT2D eigenvalue weighted by atomic mass is 10.0. The molecule has 2 aliphatic rings. The molecule has 0 saturated carbocycles. The van der Waals surface area contributed by atoms with E-state index >= 15 is 0 Å². The van der Waals surface area contributed by atoms with Crippen LogP contribution in [0.1, 0.15) is 33.6 Å². The second-order valence-electron chi connectivity index (χ2n) is 5.16. The lowest BCUT2D eigenvalue weighted by Gasteiger charge is -2.27. The summed E-state index contributed by atoms with van der Waals surface area (Å²) in [6, 6.07) is 4.20. The predicted molar refractivity (Wildman–Crippen MR) is 87.6 cm³/mol. The highest BCUT2D eigenvalue weighted by Crippen LogP contribution is 2.34. The van der Waals surface area contributed by atoms with Crippen LogP contribution < -0.4 is 5.32 Å². The highest BCUT2D eigenvalue weighted by atomic mass is 79.9. The van der Waals surface area contributed by atoms with Gasteiger partial charge in [-0.2, -0.15) is 0 Å². The van der Waals surface area contributed by atoms with Crippen LogP contribution in [0.25, 0.3) is 0 Å². The molecule has 1 unspecified atom stereocenters. The van der Waals surface area contributed by atoms with E-state index in [9.17, 15) is 19.2 Å². The molecule has 0 bridgehead atoms. The van der Waals surface area contributed by atoms with Gasteiger partial charge in [-0.25, -0.2) is 0 Å². The molecule has 3 rings (SSSR count). The van der Waals surface area contributed by atoms with Gasteiger partial charge in [-0.1, -0.05) is 22.0 Å². The maximum Gasteiger partial charge on any atom is 0.263 e. The molecule has 23 heavy (non-hydrogen) atoms. The molecule has 0 aliphatic carbocycles. The van der Waals surface area contributed by atoms with E-state index in [2.05, 4.69) is 21.2 Å². The van der Waals surface area contributed by atoms with Gasteiger partial charge in [-0.3, -0.25) is 29.4 Å². The summed E-state index contributed by atoms with van der Waals surface area (Å²) in [5.41, 5.74) is 0.674. The third-order valence-electron chi connectivity index (χ3n) is 3.76. The number of piperidine rings is 1. The Balaban J connectivity index is 1.94. The molecule has 1 fully saturated rings. The van der Waals surface area contributed by atoms with Gasteiger partial charge in [-0.05, 0) is 18.6 Å². The van der Waals surface area contributed by atoms with E-state index in [1.54, 1.807) is 18.2 Å². The minimum absolute atomic E-state index is 0.120. The molecular formula is C15H13BrN2O4S. The Morgan fingerprint density at radius 3 is 2.70 bits per heavy atom. The van der Waals surface area contributed by atoms with Crippen LogP contribution in [0, 0.1) is 0 Å². The van der Waals surface area contributed by atoms with Gasteiger partial charge < -0.3 is 0 Å². The second-order valence-corrected chi connectivity index (χ2v) is 7.09. The monoisotopic (exact) mass is 396 g/mol. The van der Waals surface area contributed by atoms with E-state index in [1.807, 2.05) is 0 Å². The molecule has 4 amide bonds. The fraction of sp³-hybridized carbons (Fsp3) is 0.333. The fourth-order valence-corrected chi connectivity index (χ4v) is 4.05. The van der Waals surface area contributed by atoms with Gasteiger partial charge in [0.25, 0.3) is 11.8 Å². The first-order chi connectivity index (χ1) is 11.0. The number of carbonyl (C=O) groups excluding carboxylic acids is 4. The quantitative estimate of drug-likeness (QED) is 0.474. The van der Waals surface area contributed by atoms with Crippen molar-refractivity contribution in [2.45, 2.75) is 23.8 Å². The van der Waals surface area contributed by atoms with E-state index in [0.29, 0.717) is 11.1 Å². The summed E-state index contributed by atoms with van der Waals surface area (Å²) in [5, 5.41) is 2.95. The van der Waals surface area contributed by atoms with Crippen molar-refractivity contribution >= 4 is 51.3 Å². The Morgan fingerprint density at radius 1 is 1.22 bits per heavy atom. The Morgan fingerprint density at radius 2 is 2.00 bits per heavy atom. The molecule has 120 valence electrons. The number of thioether (sulfide) groups is 1. The van der Waals surface area contributed by atoms with Gasteiger partial charge in [0.1, 0.15) is 6.04 Å². The van der Waals surface area contributed by atoms with Gasteiger partial charge in [0.15, 0.2) is 0 Å². The number of carbonyl (C=O) groups is 4. The number of benzene rings is 1. The third-order valence-corrected chi connectivity index (χ3v) is 5.75. The molecule has 0 radical (unpaired) electrons. The summed E-state index contributed by atoms with van der Waals surface area (Å²) >= 11 is 4.81. The molecule has 2 aliphatic heterocycles. The molecule has 0 spiro atoms. The van der Waals surface area contributed by atoms with Gasteiger partial charge in [0.05, 0.1) is 11.1 Å². The van der Waals surface area contributed by atoms with Crippen LogP contribution in [0.4, 0.5) is 0 Å². The van der Waals surface area contributed by atoms with Crippen LogP contribution in [-0.4, -0.2) is 45.7 Å². The van der Waals surface area contributed by atoms with Crippen LogP contribution in [0.3, 0.4) is 0 Å². The second kappa shape index (κ2) is 6.45. The molecular weight excluding hydrogens is 384 g/mol. The van der Waals surface area contributed by atoms with Crippen molar-refractivity contribution in [2.24, 2.45) is 0 Å². The minimum Gasteiger partial charge on any atom is -0.295 e. The molecule has 1 N–H and O–H groups in total. The number of hydrogen-bond donors (Lipinski definition) is 1. The molecule has 6 nitrogen and oxygen atoms in total. The summed E-state index contributed by atoms with van der Waals surface area (Å²) < 4.78 is 0. The number of nitrogens with zero attached hydrogens (tertiary/aromatic N) is 1. The average Bonchev–Trinajstić information content (AvgIpc) is 2.78. The molecule has 1 aromatic carbocycles. The van der Waals surface area contributed by atoms with Crippen LogP contribution in [0.15, 0.2) is 23.1 Å². The maximum absolute atomic E-state index is 12.7. The first-order valence-electron chi connectivity index (χ1n) is 7.08. The number of imide groups is 2. The van der Waals surface area contributed by atoms with E-state index in [-0.39, 0.29) is 18.7 Å². The Kier molecular flexibility index (Phi) is 4.54. The van der Waals surface area contributed by atoms with Gasteiger partial charge in [-0.15, -0.1) is 11.8 Å². The summed E-state index contributed by atoms with van der Waals surface area (Å²) in [7, 11) is 0. The molecule has 1 aromatic rings. The highest BCUT2D eigenvalue weighted by Gasteiger charge is 2.45. The Labute approximate surface area is 145 Å². The Bertz CT molecular complexity index is 721. The number of hydrogen-bond acceptors (Lipinski definition) is 5. The van der Waals surface area contributed by atoms with Crippen LogP contribution in [0.5, 0.6) is 0 Å². The lowest BCUT2D eigenvalue weighted by molar-refractivity contribution is -0.136. The van der Waals surface area contributed by atoms with Crippen LogP contribution in [-0.2, 0) is 9.59 Å². The van der Waals surface area contributed by atoms with Crippen molar-refractivity contribution in [2.75, 3.05) is 11.1 Å². The van der Waals surface area contributed by atoms with Gasteiger partial charge in [0.2, 0.25) is 11.8 Å². The largest absolute Gasteiger partial charge is 0.295 e. The van der Waals surface area contributed by atoms with Crippen molar-refractivity contribution in [3.8, 4) is 0 Å². The van der Waals surface area contributed by atoms with E-state index in [1.165, 1.54) is 11.8 Å². The summed E-state index contributed by atoms with van der Waals surface area (Å²) in [4.78, 5) is 50.3. The zero-order valence-electron chi connectivity index (χ0n) is 12.0. The van der Waals surface area contributed by atoms with E-state index in [0.717, 1.165) is 20.9 Å². The molecule has 1 atom stereocenters. The average molecular weight is 397 g/mol. The van der Waals surface area contributed by atoms with Crippen LogP contribution >= 0.6 is 27.7 Å². The summed E-state index contributed by atoms with van der Waals surface area (Å²) in [5.74, 6) is -1.14. The summed E-state index contributed by atoms with van der Waals surface area (Å²) in [6.07, 6.45) is 0.287. The first kappa shape index (κ1) is 16.2. The number of amides is 4. The first-order valence-corrected chi connectivity index (χ1v) is 9.18. The Hall–Kier alpha value is -1.67. The fourth-order valence-electron chi connectivity index (χ4n) is 2.75. The standard InChI is InChI=1S/C15H13BrN2O4S/c16-6-7-23-10-3-1-2-8-12(10)15(22)18(14(8)21)9-4-5-11(19)17-13(9)20/h1-3,9H,4-7H2,(H,17,19,20). The SMILES string of the molecule is O=C1CCC(N2C(=O)c3cccc(SCCBr)c3C2=O)C(=O)N1. The normalized spacial score (nSPS) is 20.7. The number of alkyl halides is 1. The molecule has 0 aromatic heterocycles. The van der Waals surface area contributed by atoms with Crippen molar-refractivity contribution in [1.82, 2.24) is 10.2 Å². The van der Waals surface area contributed by atoms with Gasteiger partial charge >= 0.3 is 0 Å². The number of nitrogens with one attached hydrogen (secondary N) is 1. The molecule has 1 saturated heterocycles. The van der Waals surface area contributed by atoms with E-state index in [4.69, 9.17) is 0 Å². The molecule has 8 heteroatoms. The summed E-state index contributed by atoms with van der Waals surface area (Å²) in [6.45, 7) is 0. The highest BCUT2D eigenvalue weighted by molar-refractivity contribution is 9.09. The van der Waals surface area contributed by atoms with Crippen molar-refractivity contribution in [1.29, 1.82) is 0 Å². The maximum atomic E-state index is 12.7. The number of rotatable bonds is 4. The van der Waals surface area contributed by atoms with Crippen molar-refractivity contribution in [3.05, 3.63) is 29.3 Å². The minimum atomic E-state index is -0.922. The number of halogens is 1. The number of fused-ring (bicyclic) bond motifs is 1. The zero-order chi connectivity index (χ0) is 16.6. The smallest absolute Gasteiger partial charge is 0.263 e.